The van der Waals surface area contributed by atoms with E-state index >= 15 is 0 Å². The van der Waals surface area contributed by atoms with Gasteiger partial charge in [0.1, 0.15) is 12.2 Å². The molecule has 0 saturated heterocycles. The molecule has 0 aliphatic heterocycles. The predicted molar refractivity (Wildman–Crippen MR) is 104 cm³/mol. The van der Waals surface area contributed by atoms with Crippen molar-refractivity contribution >= 4 is 33.6 Å². The molecule has 28 heavy (non-hydrogen) atoms. The van der Waals surface area contributed by atoms with E-state index in [0.717, 1.165) is 16.2 Å². The summed E-state index contributed by atoms with van der Waals surface area (Å²) in [5.74, 6) is -1.15. The molecule has 6 heteroatoms. The number of hydrogen-bond acceptors (Lipinski definition) is 5. The maximum absolute atomic E-state index is 12.3. The molecule has 2 N–H and O–H groups in total. The fraction of sp³-hybridized carbons (Fsp3) is 0.0455. The third-order valence-corrected chi connectivity index (χ3v) is 4.48. The zero-order valence-electron chi connectivity index (χ0n) is 14.7. The van der Waals surface area contributed by atoms with E-state index in [1.807, 2.05) is 30.3 Å². The van der Waals surface area contributed by atoms with E-state index in [1.54, 1.807) is 6.07 Å². The molecular formula is C22H15NO5. The Morgan fingerprint density at radius 2 is 1.64 bits per heavy atom. The standard InChI is InChI=1S/C22H15NO5/c23-21(25)14-5-7-15(8-6-14)22(26)27-12-16-11-19(24)28-18-10-9-13-3-1-2-4-17(13)20(16)18/h1-11H,12H2,(H2,23,25). The summed E-state index contributed by atoms with van der Waals surface area (Å²) < 4.78 is 10.7. The van der Waals surface area contributed by atoms with Crippen LogP contribution in [0, 0.1) is 0 Å². The van der Waals surface area contributed by atoms with Gasteiger partial charge in [0, 0.05) is 22.6 Å². The molecule has 3 aromatic carbocycles. The van der Waals surface area contributed by atoms with Crippen LogP contribution in [0.5, 0.6) is 0 Å². The molecule has 0 aliphatic rings. The SMILES string of the molecule is NC(=O)c1ccc(C(=O)OCc2cc(=O)oc3ccc4ccccc4c23)cc1. The van der Waals surface area contributed by atoms with Crippen LogP contribution < -0.4 is 11.4 Å². The molecule has 4 rings (SSSR count). The van der Waals surface area contributed by atoms with Gasteiger partial charge in [0.15, 0.2) is 0 Å². The van der Waals surface area contributed by atoms with E-state index in [1.165, 1.54) is 30.3 Å². The fourth-order valence-electron chi connectivity index (χ4n) is 3.13. The van der Waals surface area contributed by atoms with E-state index in [9.17, 15) is 14.4 Å². The van der Waals surface area contributed by atoms with Crippen molar-refractivity contribution in [3.63, 3.8) is 0 Å². The summed E-state index contributed by atoms with van der Waals surface area (Å²) in [4.78, 5) is 35.4. The topological polar surface area (TPSA) is 99.6 Å². The molecule has 0 unspecified atom stereocenters. The van der Waals surface area contributed by atoms with Crippen LogP contribution in [0.2, 0.25) is 0 Å². The molecule has 0 atom stereocenters. The molecule has 6 nitrogen and oxygen atoms in total. The number of carbonyl (C=O) groups excluding carboxylic acids is 2. The number of rotatable bonds is 4. The van der Waals surface area contributed by atoms with Gasteiger partial charge in [-0.3, -0.25) is 4.79 Å². The number of benzene rings is 3. The Hall–Kier alpha value is -3.93. The zero-order valence-corrected chi connectivity index (χ0v) is 14.7. The molecule has 0 fully saturated rings. The van der Waals surface area contributed by atoms with Gasteiger partial charge < -0.3 is 14.9 Å². The van der Waals surface area contributed by atoms with Crippen LogP contribution in [0.3, 0.4) is 0 Å². The average Bonchev–Trinajstić information content (AvgIpc) is 2.71. The highest BCUT2D eigenvalue weighted by atomic mass is 16.5. The van der Waals surface area contributed by atoms with Gasteiger partial charge in [-0.2, -0.15) is 0 Å². The van der Waals surface area contributed by atoms with Gasteiger partial charge in [-0.25, -0.2) is 9.59 Å². The van der Waals surface area contributed by atoms with Gasteiger partial charge >= 0.3 is 11.6 Å². The van der Waals surface area contributed by atoms with Gasteiger partial charge in [0.25, 0.3) is 0 Å². The van der Waals surface area contributed by atoms with Crippen molar-refractivity contribution < 1.29 is 18.7 Å². The van der Waals surface area contributed by atoms with Gasteiger partial charge in [0.05, 0.1) is 5.56 Å². The first-order chi connectivity index (χ1) is 13.5. The molecule has 1 heterocycles. The van der Waals surface area contributed by atoms with Crippen LogP contribution in [0.15, 0.2) is 75.9 Å². The Balaban J connectivity index is 1.67. The first-order valence-electron chi connectivity index (χ1n) is 8.54. The lowest BCUT2D eigenvalue weighted by Gasteiger charge is -2.10. The van der Waals surface area contributed by atoms with E-state index in [0.29, 0.717) is 16.7 Å². The second-order valence-corrected chi connectivity index (χ2v) is 6.27. The minimum atomic E-state index is -0.575. The molecule has 0 bridgehead atoms. The molecule has 4 aromatic rings. The average molecular weight is 373 g/mol. The number of amides is 1. The van der Waals surface area contributed by atoms with Crippen molar-refractivity contribution in [1.29, 1.82) is 0 Å². The summed E-state index contributed by atoms with van der Waals surface area (Å²) in [7, 11) is 0. The molecule has 0 spiro atoms. The third-order valence-electron chi connectivity index (χ3n) is 4.48. The van der Waals surface area contributed by atoms with E-state index in [4.69, 9.17) is 14.9 Å². The molecule has 1 aromatic heterocycles. The largest absolute Gasteiger partial charge is 0.457 e. The van der Waals surface area contributed by atoms with E-state index in [-0.39, 0.29) is 12.2 Å². The highest BCUT2D eigenvalue weighted by Crippen LogP contribution is 2.27. The lowest BCUT2D eigenvalue weighted by Crippen LogP contribution is -2.12. The van der Waals surface area contributed by atoms with Crippen molar-refractivity contribution in [2.24, 2.45) is 5.73 Å². The van der Waals surface area contributed by atoms with Crippen LogP contribution in [-0.2, 0) is 11.3 Å². The van der Waals surface area contributed by atoms with Crippen molar-refractivity contribution in [3.05, 3.63) is 93.8 Å². The minimum absolute atomic E-state index is 0.0908. The summed E-state index contributed by atoms with van der Waals surface area (Å²) in [6.07, 6.45) is 0. The summed E-state index contributed by atoms with van der Waals surface area (Å²) in [6.45, 7) is -0.0908. The second kappa shape index (κ2) is 7.00. The zero-order chi connectivity index (χ0) is 19.7. The molecule has 0 radical (unpaired) electrons. The second-order valence-electron chi connectivity index (χ2n) is 6.27. The summed E-state index contributed by atoms with van der Waals surface area (Å²) in [5.41, 5.74) is 6.25. The highest BCUT2D eigenvalue weighted by Gasteiger charge is 2.13. The Morgan fingerprint density at radius 1 is 0.929 bits per heavy atom. The summed E-state index contributed by atoms with van der Waals surface area (Å²) in [6, 6.07) is 18.5. The lowest BCUT2D eigenvalue weighted by molar-refractivity contribution is 0.0473. The number of hydrogen-bond donors (Lipinski definition) is 1. The minimum Gasteiger partial charge on any atom is -0.457 e. The maximum Gasteiger partial charge on any atom is 0.338 e. The van der Waals surface area contributed by atoms with E-state index < -0.39 is 17.5 Å². The molecule has 138 valence electrons. The number of nitrogens with two attached hydrogens (primary N) is 1. The number of carbonyl (C=O) groups is 2. The lowest BCUT2D eigenvalue weighted by atomic mass is 10.0. The van der Waals surface area contributed by atoms with Gasteiger partial charge in [0.2, 0.25) is 5.91 Å². The Kier molecular flexibility index (Phi) is 4.37. The predicted octanol–water partition coefficient (Wildman–Crippen LogP) is 3.40. The maximum atomic E-state index is 12.3. The van der Waals surface area contributed by atoms with Gasteiger partial charge in [-0.1, -0.05) is 30.3 Å². The third kappa shape index (κ3) is 3.23. The van der Waals surface area contributed by atoms with Crippen LogP contribution in [-0.4, -0.2) is 11.9 Å². The summed E-state index contributed by atoms with van der Waals surface area (Å²) in [5, 5.41) is 2.62. The van der Waals surface area contributed by atoms with E-state index in [2.05, 4.69) is 0 Å². The van der Waals surface area contributed by atoms with Crippen molar-refractivity contribution in [1.82, 2.24) is 0 Å². The first kappa shape index (κ1) is 17.5. The highest BCUT2D eigenvalue weighted by molar-refractivity contribution is 6.07. The van der Waals surface area contributed by atoms with Gasteiger partial charge in [-0.15, -0.1) is 0 Å². The molecule has 1 amide bonds. The number of fused-ring (bicyclic) bond motifs is 3. The summed E-state index contributed by atoms with van der Waals surface area (Å²) >= 11 is 0. The number of primary amides is 1. The Labute approximate surface area is 159 Å². The number of esters is 1. The molecular weight excluding hydrogens is 358 g/mol. The van der Waals surface area contributed by atoms with Crippen LogP contribution >= 0.6 is 0 Å². The van der Waals surface area contributed by atoms with Crippen molar-refractivity contribution in [3.8, 4) is 0 Å². The Bertz CT molecular complexity index is 1270. The van der Waals surface area contributed by atoms with Crippen LogP contribution in [0.25, 0.3) is 21.7 Å². The quantitative estimate of drug-likeness (QED) is 0.336. The van der Waals surface area contributed by atoms with Crippen molar-refractivity contribution in [2.75, 3.05) is 0 Å². The number of ether oxygens (including phenoxy) is 1. The van der Waals surface area contributed by atoms with Crippen molar-refractivity contribution in [2.45, 2.75) is 6.61 Å². The monoisotopic (exact) mass is 373 g/mol. The first-order valence-corrected chi connectivity index (χ1v) is 8.54. The normalized spacial score (nSPS) is 10.9. The van der Waals surface area contributed by atoms with Gasteiger partial charge in [-0.05, 0) is 41.1 Å². The fourth-order valence-corrected chi connectivity index (χ4v) is 3.13. The van der Waals surface area contributed by atoms with Crippen LogP contribution in [0.1, 0.15) is 26.3 Å². The molecule has 0 saturated carbocycles. The molecule has 0 aliphatic carbocycles. The smallest absolute Gasteiger partial charge is 0.338 e. The van der Waals surface area contributed by atoms with Crippen LogP contribution in [0.4, 0.5) is 0 Å². The Morgan fingerprint density at radius 3 is 2.39 bits per heavy atom.